The maximum atomic E-state index is 10.6. The monoisotopic (exact) mass is 274 g/mol. The second-order valence-corrected chi connectivity index (χ2v) is 4.16. The van der Waals surface area contributed by atoms with Gasteiger partial charge < -0.3 is 14.7 Å². The number of hydrogen-bond acceptors (Lipinski definition) is 6. The molecule has 100 valence electrons. The van der Waals surface area contributed by atoms with Gasteiger partial charge in [-0.15, -0.1) is 0 Å². The number of rotatable bonds is 6. The van der Waals surface area contributed by atoms with Gasteiger partial charge in [0, 0.05) is 12.6 Å². The Hall–Kier alpha value is -1.63. The van der Waals surface area contributed by atoms with Gasteiger partial charge in [0.2, 0.25) is 11.2 Å². The summed E-state index contributed by atoms with van der Waals surface area (Å²) in [4.78, 5) is 24.1. The number of nitrogens with zero attached hydrogens (tertiary/aromatic N) is 4. The van der Waals surface area contributed by atoms with E-state index >= 15 is 0 Å². The standard InChI is InChI=1S/C10H15ClN4O3/c1-6(2)15(5-4-7(16)17)9-12-8(11)13-10(14-9)18-3/h6H,4-5H2,1-3H3,(H,16,17). The zero-order valence-corrected chi connectivity index (χ0v) is 11.2. The van der Waals surface area contributed by atoms with Gasteiger partial charge in [-0.2, -0.15) is 15.0 Å². The van der Waals surface area contributed by atoms with E-state index in [9.17, 15) is 4.79 Å². The molecule has 0 unspecified atom stereocenters. The van der Waals surface area contributed by atoms with E-state index in [1.54, 1.807) is 4.90 Å². The molecule has 0 atom stereocenters. The Balaban J connectivity index is 2.97. The number of carbonyl (C=O) groups is 1. The molecule has 8 heteroatoms. The van der Waals surface area contributed by atoms with Crippen LogP contribution in [0.4, 0.5) is 5.95 Å². The molecule has 0 aliphatic rings. The second kappa shape index (κ2) is 6.34. The molecule has 1 N–H and O–H groups in total. The van der Waals surface area contributed by atoms with Crippen LogP contribution in [0.3, 0.4) is 0 Å². The predicted octanol–water partition coefficient (Wildman–Crippen LogP) is 1.22. The molecule has 0 aliphatic carbocycles. The lowest BCUT2D eigenvalue weighted by Crippen LogP contribution is -2.34. The van der Waals surface area contributed by atoms with Crippen molar-refractivity contribution < 1.29 is 14.6 Å². The largest absolute Gasteiger partial charge is 0.481 e. The number of anilines is 1. The van der Waals surface area contributed by atoms with Crippen LogP contribution in [0.5, 0.6) is 6.01 Å². The molecule has 0 bridgehead atoms. The lowest BCUT2D eigenvalue weighted by Gasteiger charge is -2.25. The van der Waals surface area contributed by atoms with Crippen molar-refractivity contribution in [2.45, 2.75) is 26.3 Å². The molecule has 18 heavy (non-hydrogen) atoms. The quantitative estimate of drug-likeness (QED) is 0.834. The van der Waals surface area contributed by atoms with Crippen LogP contribution in [0.2, 0.25) is 5.28 Å². The average molecular weight is 275 g/mol. The summed E-state index contributed by atoms with van der Waals surface area (Å²) in [5.74, 6) is -0.573. The molecule has 0 aliphatic heterocycles. The Morgan fingerprint density at radius 1 is 1.44 bits per heavy atom. The van der Waals surface area contributed by atoms with E-state index in [1.165, 1.54) is 7.11 Å². The molecule has 0 amide bonds. The topological polar surface area (TPSA) is 88.4 Å². The van der Waals surface area contributed by atoms with Crippen LogP contribution < -0.4 is 9.64 Å². The van der Waals surface area contributed by atoms with E-state index in [4.69, 9.17) is 21.4 Å². The number of carboxylic acids is 1. The summed E-state index contributed by atoms with van der Waals surface area (Å²) in [6.07, 6.45) is -0.0101. The van der Waals surface area contributed by atoms with Crippen LogP contribution in [0.25, 0.3) is 0 Å². The minimum atomic E-state index is -0.882. The van der Waals surface area contributed by atoms with E-state index in [-0.39, 0.29) is 30.3 Å². The highest BCUT2D eigenvalue weighted by Gasteiger charge is 2.17. The fourth-order valence-corrected chi connectivity index (χ4v) is 1.49. The summed E-state index contributed by atoms with van der Waals surface area (Å²) in [7, 11) is 1.42. The minimum Gasteiger partial charge on any atom is -0.481 e. The van der Waals surface area contributed by atoms with Crippen LogP contribution in [-0.4, -0.2) is 45.7 Å². The zero-order valence-electron chi connectivity index (χ0n) is 10.4. The lowest BCUT2D eigenvalue weighted by atomic mass is 10.3. The van der Waals surface area contributed by atoms with Gasteiger partial charge in [0.25, 0.3) is 0 Å². The van der Waals surface area contributed by atoms with Gasteiger partial charge in [-0.05, 0) is 25.4 Å². The van der Waals surface area contributed by atoms with Crippen molar-refractivity contribution in [2.24, 2.45) is 0 Å². The Kier molecular flexibility index (Phi) is 5.08. The molecule has 1 heterocycles. The summed E-state index contributed by atoms with van der Waals surface area (Å²) in [5.41, 5.74) is 0. The number of carboxylic acid groups (broad SMARTS) is 1. The number of ether oxygens (including phenoxy) is 1. The normalized spacial score (nSPS) is 10.5. The van der Waals surface area contributed by atoms with Gasteiger partial charge in [-0.25, -0.2) is 0 Å². The highest BCUT2D eigenvalue weighted by atomic mass is 35.5. The fourth-order valence-electron chi connectivity index (χ4n) is 1.35. The third kappa shape index (κ3) is 3.99. The van der Waals surface area contributed by atoms with E-state index in [0.717, 1.165) is 0 Å². The highest BCUT2D eigenvalue weighted by molar-refractivity contribution is 6.28. The first kappa shape index (κ1) is 14.4. The van der Waals surface area contributed by atoms with Crippen molar-refractivity contribution in [1.29, 1.82) is 0 Å². The van der Waals surface area contributed by atoms with E-state index in [0.29, 0.717) is 5.95 Å². The van der Waals surface area contributed by atoms with Gasteiger partial charge in [0.05, 0.1) is 13.5 Å². The van der Waals surface area contributed by atoms with Crippen LogP contribution >= 0.6 is 11.6 Å². The number of hydrogen-bond donors (Lipinski definition) is 1. The first-order chi connectivity index (χ1) is 8.43. The number of methoxy groups -OCH3 is 1. The lowest BCUT2D eigenvalue weighted by molar-refractivity contribution is -0.136. The van der Waals surface area contributed by atoms with Crippen molar-refractivity contribution >= 4 is 23.5 Å². The van der Waals surface area contributed by atoms with Crippen LogP contribution in [0.15, 0.2) is 0 Å². The molecule has 1 rings (SSSR count). The number of halogens is 1. The third-order valence-electron chi connectivity index (χ3n) is 2.21. The maximum absolute atomic E-state index is 10.6. The Bertz CT molecular complexity index is 428. The van der Waals surface area contributed by atoms with Crippen LogP contribution in [0, 0.1) is 0 Å². The molecule has 0 saturated heterocycles. The summed E-state index contributed by atoms with van der Waals surface area (Å²) in [5, 5.41) is 8.73. The van der Waals surface area contributed by atoms with E-state index in [2.05, 4.69) is 15.0 Å². The van der Waals surface area contributed by atoms with Gasteiger partial charge >= 0.3 is 12.0 Å². The Morgan fingerprint density at radius 2 is 2.11 bits per heavy atom. The van der Waals surface area contributed by atoms with Gasteiger partial charge in [0.15, 0.2) is 0 Å². The SMILES string of the molecule is COc1nc(Cl)nc(N(CCC(=O)O)C(C)C)n1. The Morgan fingerprint density at radius 3 is 2.61 bits per heavy atom. The average Bonchev–Trinajstić information content (AvgIpc) is 2.27. The molecule has 7 nitrogen and oxygen atoms in total. The molecule has 0 aromatic carbocycles. The zero-order chi connectivity index (χ0) is 13.7. The van der Waals surface area contributed by atoms with E-state index < -0.39 is 5.97 Å². The first-order valence-corrected chi connectivity index (χ1v) is 5.75. The van der Waals surface area contributed by atoms with Crippen LogP contribution in [-0.2, 0) is 4.79 Å². The molecule has 0 saturated carbocycles. The van der Waals surface area contributed by atoms with Gasteiger partial charge in [-0.1, -0.05) is 0 Å². The van der Waals surface area contributed by atoms with Crippen molar-refractivity contribution in [1.82, 2.24) is 15.0 Å². The maximum Gasteiger partial charge on any atom is 0.322 e. The van der Waals surface area contributed by atoms with Crippen molar-refractivity contribution in [2.75, 3.05) is 18.6 Å². The highest BCUT2D eigenvalue weighted by Crippen LogP contribution is 2.17. The molecular weight excluding hydrogens is 260 g/mol. The van der Waals surface area contributed by atoms with Crippen molar-refractivity contribution in [3.63, 3.8) is 0 Å². The molecule has 1 aromatic rings. The smallest absolute Gasteiger partial charge is 0.322 e. The molecule has 1 aromatic heterocycles. The molecule has 0 radical (unpaired) electrons. The fraction of sp³-hybridized carbons (Fsp3) is 0.600. The van der Waals surface area contributed by atoms with Crippen molar-refractivity contribution in [3.05, 3.63) is 5.28 Å². The van der Waals surface area contributed by atoms with Crippen molar-refractivity contribution in [3.8, 4) is 6.01 Å². The summed E-state index contributed by atoms with van der Waals surface area (Å²) in [6, 6.07) is 0.137. The third-order valence-corrected chi connectivity index (χ3v) is 2.37. The molecule has 0 spiro atoms. The summed E-state index contributed by atoms with van der Waals surface area (Å²) >= 11 is 5.76. The second-order valence-electron chi connectivity index (χ2n) is 3.82. The first-order valence-electron chi connectivity index (χ1n) is 5.38. The molecule has 0 fully saturated rings. The van der Waals surface area contributed by atoms with Crippen LogP contribution in [0.1, 0.15) is 20.3 Å². The number of aliphatic carboxylic acids is 1. The predicted molar refractivity (Wildman–Crippen MR) is 66.1 cm³/mol. The van der Waals surface area contributed by atoms with Gasteiger partial charge in [-0.3, -0.25) is 4.79 Å². The minimum absolute atomic E-state index is 0.0101. The van der Waals surface area contributed by atoms with E-state index in [1.807, 2.05) is 13.8 Å². The number of aromatic nitrogens is 3. The Labute approximate surface area is 110 Å². The van der Waals surface area contributed by atoms with Gasteiger partial charge in [0.1, 0.15) is 0 Å². The summed E-state index contributed by atoms with van der Waals surface area (Å²) < 4.78 is 4.90. The summed E-state index contributed by atoms with van der Waals surface area (Å²) in [6.45, 7) is 4.11. The molecular formula is C10H15ClN4O3.